The number of amides is 1. The van der Waals surface area contributed by atoms with E-state index in [0.29, 0.717) is 11.6 Å². The van der Waals surface area contributed by atoms with Crippen LogP contribution in [-0.2, 0) is 14.6 Å². The highest BCUT2D eigenvalue weighted by molar-refractivity contribution is 7.90. The van der Waals surface area contributed by atoms with Crippen LogP contribution in [0.5, 0.6) is 5.88 Å². The van der Waals surface area contributed by atoms with E-state index >= 15 is 0 Å². The molecule has 0 saturated heterocycles. The summed E-state index contributed by atoms with van der Waals surface area (Å²) in [6, 6.07) is 7.71. The summed E-state index contributed by atoms with van der Waals surface area (Å²) >= 11 is 0. The maximum atomic E-state index is 13.2. The standard InChI is InChI=1S/C22H26N4O6S/c1-33(30,31)22-24-19(23)18-20(25-22)32-11-10-26(21(18)29)16-8-6-15(7-9-16)14-4-2-13(3-5-14)12-17(27)28/h6-9,13-14H,2-5,10-12H2,1H3,(H,27,28)(H2,23,24,25). The number of anilines is 2. The molecule has 1 aliphatic heterocycles. The number of nitrogens with two attached hydrogens (primary N) is 1. The lowest BCUT2D eigenvalue weighted by atomic mass is 9.77. The first kappa shape index (κ1) is 23.0. The predicted molar refractivity (Wildman–Crippen MR) is 120 cm³/mol. The molecule has 1 saturated carbocycles. The summed E-state index contributed by atoms with van der Waals surface area (Å²) in [6.45, 7) is 0.357. The Morgan fingerprint density at radius 1 is 1.18 bits per heavy atom. The van der Waals surface area contributed by atoms with Crippen LogP contribution in [0.25, 0.3) is 0 Å². The predicted octanol–water partition coefficient (Wildman–Crippen LogP) is 2.25. The number of aromatic nitrogens is 2. The summed E-state index contributed by atoms with van der Waals surface area (Å²) in [5, 5.41) is 8.50. The van der Waals surface area contributed by atoms with Gasteiger partial charge in [0.05, 0.1) is 6.54 Å². The average Bonchev–Trinajstić information content (AvgIpc) is 2.92. The van der Waals surface area contributed by atoms with E-state index in [1.807, 2.05) is 24.3 Å². The van der Waals surface area contributed by atoms with E-state index in [9.17, 15) is 18.0 Å². The molecule has 176 valence electrons. The van der Waals surface area contributed by atoms with E-state index in [0.717, 1.165) is 37.5 Å². The van der Waals surface area contributed by atoms with Crippen LogP contribution < -0.4 is 15.4 Å². The fraction of sp³-hybridized carbons (Fsp3) is 0.455. The smallest absolute Gasteiger partial charge is 0.303 e. The van der Waals surface area contributed by atoms with E-state index in [2.05, 4.69) is 9.97 Å². The van der Waals surface area contributed by atoms with Gasteiger partial charge < -0.3 is 20.5 Å². The van der Waals surface area contributed by atoms with Crippen molar-refractivity contribution in [2.45, 2.75) is 43.2 Å². The highest BCUT2D eigenvalue weighted by Gasteiger charge is 2.31. The maximum Gasteiger partial charge on any atom is 0.303 e. The highest BCUT2D eigenvalue weighted by atomic mass is 32.2. The van der Waals surface area contributed by atoms with Crippen molar-refractivity contribution in [2.75, 3.05) is 30.0 Å². The molecule has 10 nitrogen and oxygen atoms in total. The molecule has 1 fully saturated rings. The number of benzene rings is 1. The number of rotatable bonds is 5. The largest absolute Gasteiger partial charge is 0.481 e. The van der Waals surface area contributed by atoms with Gasteiger partial charge in [-0.2, -0.15) is 4.98 Å². The van der Waals surface area contributed by atoms with Gasteiger partial charge in [0.1, 0.15) is 18.0 Å². The quantitative estimate of drug-likeness (QED) is 0.621. The van der Waals surface area contributed by atoms with Gasteiger partial charge in [0.15, 0.2) is 0 Å². The summed E-state index contributed by atoms with van der Waals surface area (Å²) in [5.74, 6) is -0.969. The average molecular weight is 475 g/mol. The van der Waals surface area contributed by atoms with E-state index in [-0.39, 0.29) is 42.8 Å². The number of carboxylic acid groups (broad SMARTS) is 1. The molecule has 1 amide bonds. The number of sulfone groups is 1. The Morgan fingerprint density at radius 3 is 2.45 bits per heavy atom. The maximum absolute atomic E-state index is 13.2. The SMILES string of the molecule is CS(=O)(=O)c1nc(N)c2c(n1)OCCN(c1ccc(C3CCC(CC(=O)O)CC3)cc1)C2=O. The lowest BCUT2D eigenvalue weighted by Gasteiger charge is -2.28. The van der Waals surface area contributed by atoms with Crippen molar-refractivity contribution in [1.29, 1.82) is 0 Å². The number of hydrogen-bond donors (Lipinski definition) is 2. The van der Waals surface area contributed by atoms with Crippen molar-refractivity contribution in [3.8, 4) is 5.88 Å². The molecular weight excluding hydrogens is 448 g/mol. The third kappa shape index (κ3) is 4.92. The molecular formula is C22H26N4O6S. The fourth-order valence-electron chi connectivity index (χ4n) is 4.50. The third-order valence-electron chi connectivity index (χ3n) is 6.21. The molecule has 3 N–H and O–H groups in total. The van der Waals surface area contributed by atoms with Gasteiger partial charge in [-0.15, -0.1) is 0 Å². The Morgan fingerprint density at radius 2 is 1.85 bits per heavy atom. The molecule has 2 heterocycles. The number of aliphatic carboxylic acids is 1. The van der Waals surface area contributed by atoms with Crippen LogP contribution in [0.1, 0.15) is 53.9 Å². The number of carbonyl (C=O) groups is 2. The molecule has 2 aromatic rings. The van der Waals surface area contributed by atoms with Crippen molar-refractivity contribution in [1.82, 2.24) is 9.97 Å². The minimum Gasteiger partial charge on any atom is -0.481 e. The van der Waals surface area contributed by atoms with Gasteiger partial charge in [0.25, 0.3) is 11.1 Å². The minimum atomic E-state index is -3.72. The van der Waals surface area contributed by atoms with Crippen LogP contribution in [0, 0.1) is 5.92 Å². The molecule has 33 heavy (non-hydrogen) atoms. The number of hydrogen-bond acceptors (Lipinski definition) is 8. The fourth-order valence-corrected chi connectivity index (χ4v) is 5.01. The molecule has 0 spiro atoms. The van der Waals surface area contributed by atoms with Gasteiger partial charge in [-0.3, -0.25) is 9.59 Å². The molecule has 0 bridgehead atoms. The van der Waals surface area contributed by atoms with Crippen molar-refractivity contribution in [3.05, 3.63) is 35.4 Å². The Balaban J connectivity index is 1.52. The molecule has 0 radical (unpaired) electrons. The van der Waals surface area contributed by atoms with E-state index < -0.39 is 26.9 Å². The minimum absolute atomic E-state index is 0.0549. The summed E-state index contributed by atoms with van der Waals surface area (Å²) in [6.07, 6.45) is 4.86. The molecule has 1 aliphatic carbocycles. The van der Waals surface area contributed by atoms with Crippen LogP contribution in [0.15, 0.2) is 29.4 Å². The van der Waals surface area contributed by atoms with E-state index in [1.54, 1.807) is 0 Å². The molecule has 1 aromatic carbocycles. The van der Waals surface area contributed by atoms with Crippen LogP contribution >= 0.6 is 0 Å². The molecule has 2 aliphatic rings. The number of carboxylic acids is 1. The summed E-state index contributed by atoms with van der Waals surface area (Å²) in [4.78, 5) is 33.4. The summed E-state index contributed by atoms with van der Waals surface area (Å²) in [7, 11) is -3.72. The summed E-state index contributed by atoms with van der Waals surface area (Å²) < 4.78 is 29.1. The van der Waals surface area contributed by atoms with Crippen LogP contribution in [-0.4, -0.2) is 54.8 Å². The van der Waals surface area contributed by atoms with Crippen molar-refractivity contribution in [2.24, 2.45) is 5.92 Å². The van der Waals surface area contributed by atoms with Crippen LogP contribution in [0.4, 0.5) is 11.5 Å². The Labute approximate surface area is 191 Å². The summed E-state index contributed by atoms with van der Waals surface area (Å²) in [5.41, 5.74) is 7.69. The first-order valence-electron chi connectivity index (χ1n) is 10.8. The molecule has 4 rings (SSSR count). The number of carbonyl (C=O) groups excluding carboxylic acids is 1. The second kappa shape index (κ2) is 8.97. The van der Waals surface area contributed by atoms with Gasteiger partial charge in [0.2, 0.25) is 15.7 Å². The zero-order valence-electron chi connectivity index (χ0n) is 18.2. The number of nitrogens with zero attached hydrogens (tertiary/aromatic N) is 3. The first-order chi connectivity index (χ1) is 15.6. The second-order valence-electron chi connectivity index (χ2n) is 8.56. The Bertz CT molecular complexity index is 1170. The molecule has 11 heteroatoms. The number of nitrogen functional groups attached to an aromatic ring is 1. The zero-order valence-corrected chi connectivity index (χ0v) is 19.0. The van der Waals surface area contributed by atoms with Crippen molar-refractivity contribution >= 4 is 33.2 Å². The second-order valence-corrected chi connectivity index (χ2v) is 10.5. The third-order valence-corrected chi connectivity index (χ3v) is 7.06. The monoisotopic (exact) mass is 474 g/mol. The first-order valence-corrected chi connectivity index (χ1v) is 12.7. The van der Waals surface area contributed by atoms with Gasteiger partial charge in [-0.05, 0) is 55.2 Å². The topological polar surface area (TPSA) is 153 Å². The number of fused-ring (bicyclic) bond motifs is 1. The Hall–Kier alpha value is -3.21. The zero-order chi connectivity index (χ0) is 23.8. The van der Waals surface area contributed by atoms with E-state index in [1.165, 1.54) is 4.90 Å². The van der Waals surface area contributed by atoms with Crippen molar-refractivity contribution in [3.63, 3.8) is 0 Å². The molecule has 0 atom stereocenters. The van der Waals surface area contributed by atoms with Gasteiger partial charge in [0, 0.05) is 18.4 Å². The molecule has 0 unspecified atom stereocenters. The Kier molecular flexibility index (Phi) is 6.24. The van der Waals surface area contributed by atoms with Gasteiger partial charge >= 0.3 is 5.97 Å². The normalized spacial score (nSPS) is 21.1. The van der Waals surface area contributed by atoms with Crippen LogP contribution in [0.2, 0.25) is 0 Å². The van der Waals surface area contributed by atoms with Crippen molar-refractivity contribution < 1.29 is 27.9 Å². The lowest BCUT2D eigenvalue weighted by Crippen LogP contribution is -2.32. The van der Waals surface area contributed by atoms with Crippen LogP contribution in [0.3, 0.4) is 0 Å². The highest BCUT2D eigenvalue weighted by Crippen LogP contribution is 2.38. The van der Waals surface area contributed by atoms with Gasteiger partial charge in [-0.25, -0.2) is 13.4 Å². The van der Waals surface area contributed by atoms with E-state index in [4.69, 9.17) is 15.6 Å². The lowest BCUT2D eigenvalue weighted by molar-refractivity contribution is -0.138. The van der Waals surface area contributed by atoms with Gasteiger partial charge in [-0.1, -0.05) is 12.1 Å². The molecule has 1 aromatic heterocycles. The number of ether oxygens (including phenoxy) is 1.